The third-order valence-corrected chi connectivity index (χ3v) is 6.51. The highest BCUT2D eigenvalue weighted by molar-refractivity contribution is 7.99. The number of ether oxygens (including phenoxy) is 1. The van der Waals surface area contributed by atoms with Crippen LogP contribution in [-0.4, -0.2) is 99.1 Å². The predicted molar refractivity (Wildman–Crippen MR) is 103 cm³/mol. The van der Waals surface area contributed by atoms with Gasteiger partial charge in [0.1, 0.15) is 29.9 Å². The maximum atomic E-state index is 12.8. The van der Waals surface area contributed by atoms with Crippen LogP contribution in [0, 0.1) is 5.92 Å². The largest absolute Gasteiger partial charge is 0.391 e. The van der Waals surface area contributed by atoms with Crippen molar-refractivity contribution in [2.24, 2.45) is 5.92 Å². The van der Waals surface area contributed by atoms with Crippen molar-refractivity contribution in [2.75, 3.05) is 19.8 Å². The van der Waals surface area contributed by atoms with E-state index < -0.39 is 42.0 Å². The second-order valence-corrected chi connectivity index (χ2v) is 8.73. The number of thioether (sulfide) groups is 1. The molecule has 2 fully saturated rings. The van der Waals surface area contributed by atoms with Gasteiger partial charge in [-0.2, -0.15) is 0 Å². The Labute approximate surface area is 165 Å². The summed E-state index contributed by atoms with van der Waals surface area (Å²) in [6.07, 6.45) is -1.50. The van der Waals surface area contributed by atoms with Gasteiger partial charge in [0.2, 0.25) is 5.91 Å². The molecule has 9 atom stereocenters. The van der Waals surface area contributed by atoms with Gasteiger partial charge in [-0.25, -0.2) is 0 Å². The molecule has 0 aromatic carbocycles. The number of amides is 1. The lowest BCUT2D eigenvalue weighted by Gasteiger charge is -2.44. The fraction of sp³-hybridized carbons (Fsp3) is 0.944. The van der Waals surface area contributed by atoms with Crippen LogP contribution in [0.3, 0.4) is 0 Å². The second-order valence-electron chi connectivity index (χ2n) is 7.80. The molecule has 0 spiro atoms. The monoisotopic (exact) mass is 406 g/mol. The summed E-state index contributed by atoms with van der Waals surface area (Å²) in [5, 5.41) is 43.5. The normalized spacial score (nSPS) is 39.9. The Morgan fingerprint density at radius 1 is 1.30 bits per heavy atom. The van der Waals surface area contributed by atoms with Crippen LogP contribution in [0.2, 0.25) is 0 Å². The number of nitrogens with one attached hydrogen (secondary N) is 1. The van der Waals surface area contributed by atoms with Gasteiger partial charge in [-0.1, -0.05) is 13.3 Å². The first-order valence-electron chi connectivity index (χ1n) is 9.62. The van der Waals surface area contributed by atoms with E-state index in [-0.39, 0.29) is 11.9 Å². The third kappa shape index (κ3) is 5.14. The molecule has 2 unspecified atom stereocenters. The van der Waals surface area contributed by atoms with E-state index in [1.54, 1.807) is 6.26 Å². The first-order chi connectivity index (χ1) is 12.7. The molecule has 2 aliphatic rings. The fourth-order valence-corrected chi connectivity index (χ4v) is 4.81. The number of likely N-dealkylation sites (tertiary alicyclic amines) is 1. The van der Waals surface area contributed by atoms with E-state index in [2.05, 4.69) is 12.2 Å². The molecule has 158 valence electrons. The first-order valence-corrected chi connectivity index (χ1v) is 10.9. The van der Waals surface area contributed by atoms with Gasteiger partial charge in [0.05, 0.1) is 18.2 Å². The van der Waals surface area contributed by atoms with Crippen LogP contribution >= 0.6 is 11.8 Å². The number of hydrogen-bond acceptors (Lipinski definition) is 8. The molecule has 2 saturated heterocycles. The molecule has 0 saturated carbocycles. The highest BCUT2D eigenvalue weighted by atomic mass is 32.2. The van der Waals surface area contributed by atoms with Crippen molar-refractivity contribution in [2.45, 2.75) is 81.1 Å². The van der Waals surface area contributed by atoms with Crippen LogP contribution in [-0.2, 0) is 9.53 Å². The molecular formula is C18H34N2O6S. The van der Waals surface area contributed by atoms with Gasteiger partial charge in [0, 0.05) is 6.54 Å². The molecule has 0 aromatic heterocycles. The molecule has 2 heterocycles. The highest BCUT2D eigenvalue weighted by Gasteiger charge is 2.48. The lowest BCUT2D eigenvalue weighted by atomic mass is 9.92. The Morgan fingerprint density at radius 2 is 1.96 bits per heavy atom. The molecule has 1 amide bonds. The predicted octanol–water partition coefficient (Wildman–Crippen LogP) is -0.857. The molecular weight excluding hydrogens is 372 g/mol. The summed E-state index contributed by atoms with van der Waals surface area (Å²) < 4.78 is 5.72. The van der Waals surface area contributed by atoms with E-state index in [1.165, 1.54) is 18.7 Å². The topological polar surface area (TPSA) is 122 Å². The smallest absolute Gasteiger partial charge is 0.237 e. The molecule has 5 N–H and O–H groups in total. The summed E-state index contributed by atoms with van der Waals surface area (Å²) in [6, 6.07) is -1.20. The number of aliphatic hydroxyl groups excluding tert-OH is 4. The Kier molecular flexibility index (Phi) is 8.35. The number of carbonyl (C=O) groups is 1. The number of likely N-dealkylation sites (N-methyl/N-ethyl adjacent to an activating group) is 1. The van der Waals surface area contributed by atoms with Crippen molar-refractivity contribution in [3.8, 4) is 0 Å². The van der Waals surface area contributed by atoms with Crippen molar-refractivity contribution >= 4 is 17.7 Å². The van der Waals surface area contributed by atoms with Gasteiger partial charge < -0.3 is 30.5 Å². The van der Waals surface area contributed by atoms with Gasteiger partial charge in [0.25, 0.3) is 0 Å². The zero-order chi connectivity index (χ0) is 20.3. The SMILES string of the molecule is CCC[C@@H]1C[C@@H](C(=O)N[C@@H](C(C)O)C2O[C@H](SC)[C@H](O)[C@@H](O)[C@H]2O)N(C)C1. The summed E-state index contributed by atoms with van der Waals surface area (Å²) in [4.78, 5) is 14.9. The molecule has 0 bridgehead atoms. The molecule has 27 heavy (non-hydrogen) atoms. The third-order valence-electron chi connectivity index (χ3n) is 5.66. The molecule has 0 radical (unpaired) electrons. The van der Waals surface area contributed by atoms with E-state index in [0.29, 0.717) is 5.92 Å². The zero-order valence-electron chi connectivity index (χ0n) is 16.5. The standard InChI is InChI=1S/C18H34N2O6S/c1-5-6-10-7-11(20(3)8-10)17(25)19-12(9(2)21)16-14(23)13(22)15(24)18(26-16)27-4/h9-16,18,21-24H,5-8H2,1-4H3,(H,19,25)/t9?,10-,11+,12+,13+,14-,15-,16?,18-/m1/s1. The zero-order valence-corrected chi connectivity index (χ0v) is 17.3. The quantitative estimate of drug-likeness (QED) is 0.370. The number of rotatable bonds is 7. The van der Waals surface area contributed by atoms with Crippen molar-refractivity contribution in [1.29, 1.82) is 0 Å². The number of aliphatic hydroxyl groups is 4. The molecule has 2 rings (SSSR count). The maximum absolute atomic E-state index is 12.8. The Hall–Kier alpha value is -0.420. The fourth-order valence-electron chi connectivity index (χ4n) is 4.13. The number of hydrogen-bond donors (Lipinski definition) is 5. The summed E-state index contributed by atoms with van der Waals surface area (Å²) in [7, 11) is 1.91. The van der Waals surface area contributed by atoms with Crippen LogP contribution in [0.25, 0.3) is 0 Å². The summed E-state index contributed by atoms with van der Waals surface area (Å²) >= 11 is 1.20. The first kappa shape index (κ1) is 22.9. The number of nitrogens with zero attached hydrogens (tertiary/aromatic N) is 1. The van der Waals surface area contributed by atoms with Crippen LogP contribution < -0.4 is 5.32 Å². The van der Waals surface area contributed by atoms with Gasteiger partial charge >= 0.3 is 0 Å². The molecule has 2 aliphatic heterocycles. The number of carbonyl (C=O) groups excluding carboxylic acids is 1. The maximum Gasteiger partial charge on any atom is 0.237 e. The van der Waals surface area contributed by atoms with Crippen LogP contribution in [0.1, 0.15) is 33.1 Å². The minimum absolute atomic E-state index is 0.223. The van der Waals surface area contributed by atoms with Crippen LogP contribution in [0.4, 0.5) is 0 Å². The van der Waals surface area contributed by atoms with Gasteiger partial charge in [-0.05, 0) is 39.0 Å². The molecule has 0 aromatic rings. The van der Waals surface area contributed by atoms with Crippen LogP contribution in [0.15, 0.2) is 0 Å². The Balaban J connectivity index is 2.09. The summed E-state index contributed by atoms with van der Waals surface area (Å²) in [5.74, 6) is 0.245. The minimum Gasteiger partial charge on any atom is -0.391 e. The second kappa shape index (κ2) is 9.87. The van der Waals surface area contributed by atoms with E-state index in [9.17, 15) is 25.2 Å². The van der Waals surface area contributed by atoms with Crippen molar-refractivity contribution < 1.29 is 30.0 Å². The van der Waals surface area contributed by atoms with Crippen molar-refractivity contribution in [1.82, 2.24) is 10.2 Å². The minimum atomic E-state index is -1.42. The molecule has 8 nitrogen and oxygen atoms in total. The van der Waals surface area contributed by atoms with E-state index in [1.807, 2.05) is 11.9 Å². The Morgan fingerprint density at radius 3 is 2.52 bits per heavy atom. The average Bonchev–Trinajstić information content (AvgIpc) is 2.99. The van der Waals surface area contributed by atoms with Crippen molar-refractivity contribution in [3.63, 3.8) is 0 Å². The van der Waals surface area contributed by atoms with E-state index in [4.69, 9.17) is 4.74 Å². The molecule has 9 heteroatoms. The molecule has 0 aliphatic carbocycles. The Bertz CT molecular complexity index is 494. The van der Waals surface area contributed by atoms with Gasteiger partial charge in [0.15, 0.2) is 0 Å². The van der Waals surface area contributed by atoms with E-state index >= 15 is 0 Å². The van der Waals surface area contributed by atoms with Crippen LogP contribution in [0.5, 0.6) is 0 Å². The van der Waals surface area contributed by atoms with Gasteiger partial charge in [-0.15, -0.1) is 11.8 Å². The van der Waals surface area contributed by atoms with E-state index in [0.717, 1.165) is 25.8 Å². The highest BCUT2D eigenvalue weighted by Crippen LogP contribution is 2.30. The lowest BCUT2D eigenvalue weighted by Crippen LogP contribution is -2.65. The van der Waals surface area contributed by atoms with Gasteiger partial charge in [-0.3, -0.25) is 9.69 Å². The lowest BCUT2D eigenvalue weighted by molar-refractivity contribution is -0.211. The van der Waals surface area contributed by atoms with Crippen molar-refractivity contribution in [3.05, 3.63) is 0 Å². The average molecular weight is 407 g/mol. The summed E-state index contributed by atoms with van der Waals surface area (Å²) in [6.45, 7) is 4.48. The summed E-state index contributed by atoms with van der Waals surface area (Å²) in [5.41, 5.74) is -0.755.